The largest absolute Gasteiger partial charge is 0.338 e. The van der Waals surface area contributed by atoms with Crippen LogP contribution in [0.3, 0.4) is 0 Å². The first kappa shape index (κ1) is 24.0. The van der Waals surface area contributed by atoms with Gasteiger partial charge in [-0.1, -0.05) is 62.8 Å². The summed E-state index contributed by atoms with van der Waals surface area (Å²) in [5.41, 5.74) is 1.32. The summed E-state index contributed by atoms with van der Waals surface area (Å²) in [4.78, 5) is 16.8. The van der Waals surface area contributed by atoms with Crippen LogP contribution in [0.1, 0.15) is 57.4 Å². The molecule has 5 nitrogen and oxygen atoms in total. The first-order valence-corrected chi connectivity index (χ1v) is 11.8. The van der Waals surface area contributed by atoms with Gasteiger partial charge in [-0.15, -0.1) is 0 Å². The van der Waals surface area contributed by atoms with E-state index in [1.807, 2.05) is 12.1 Å². The number of amides is 2. The number of nitrogens with zero attached hydrogens (tertiary/aromatic N) is 2. The third kappa shape index (κ3) is 10.9. The molecule has 0 unspecified atom stereocenters. The summed E-state index contributed by atoms with van der Waals surface area (Å²) in [5.74, 6) is 0. The van der Waals surface area contributed by atoms with Crippen LogP contribution in [0.5, 0.6) is 0 Å². The van der Waals surface area contributed by atoms with Crippen molar-refractivity contribution in [3.8, 4) is 0 Å². The SMILES string of the molecule is CCCCCCCCNC(=O)NCCCN1CCN(Cc2ccc(Cl)cc2)CC1. The Morgan fingerprint density at radius 1 is 0.862 bits per heavy atom. The van der Waals surface area contributed by atoms with Crippen LogP contribution in [0.4, 0.5) is 4.79 Å². The highest BCUT2D eigenvalue weighted by Crippen LogP contribution is 2.13. The second-order valence-electron chi connectivity index (χ2n) is 8.05. The maximum absolute atomic E-state index is 11.8. The van der Waals surface area contributed by atoms with E-state index in [4.69, 9.17) is 11.6 Å². The lowest BCUT2D eigenvalue weighted by atomic mass is 10.1. The van der Waals surface area contributed by atoms with Crippen molar-refractivity contribution in [3.05, 3.63) is 34.9 Å². The van der Waals surface area contributed by atoms with Crippen LogP contribution in [0.25, 0.3) is 0 Å². The van der Waals surface area contributed by atoms with Gasteiger partial charge in [0, 0.05) is 50.8 Å². The average Bonchev–Trinajstić information content (AvgIpc) is 2.73. The van der Waals surface area contributed by atoms with Crippen molar-refractivity contribution in [1.29, 1.82) is 0 Å². The predicted molar refractivity (Wildman–Crippen MR) is 123 cm³/mol. The second kappa shape index (κ2) is 14.6. The van der Waals surface area contributed by atoms with E-state index in [2.05, 4.69) is 39.5 Å². The van der Waals surface area contributed by atoms with Crippen molar-refractivity contribution < 1.29 is 4.79 Å². The van der Waals surface area contributed by atoms with Crippen LogP contribution >= 0.6 is 11.6 Å². The lowest BCUT2D eigenvalue weighted by molar-refractivity contribution is 0.126. The summed E-state index contributed by atoms with van der Waals surface area (Å²) in [6.07, 6.45) is 8.50. The zero-order valence-corrected chi connectivity index (χ0v) is 18.9. The summed E-state index contributed by atoms with van der Waals surface area (Å²) in [5, 5.41) is 6.74. The van der Waals surface area contributed by atoms with E-state index in [1.54, 1.807) is 0 Å². The zero-order chi connectivity index (χ0) is 20.7. The standard InChI is InChI=1S/C23H39ClN4O/c1-2-3-4-5-6-7-13-25-23(29)26-14-8-15-27-16-18-28(19-17-27)20-21-9-11-22(24)12-10-21/h9-12H,2-8,13-20H2,1H3,(H2,25,26,29). The number of nitrogens with one attached hydrogen (secondary N) is 2. The molecule has 2 rings (SSSR count). The topological polar surface area (TPSA) is 47.6 Å². The van der Waals surface area contributed by atoms with Gasteiger partial charge in [0.2, 0.25) is 0 Å². The molecule has 0 saturated carbocycles. The van der Waals surface area contributed by atoms with Gasteiger partial charge in [-0.25, -0.2) is 4.79 Å². The number of hydrogen-bond donors (Lipinski definition) is 2. The van der Waals surface area contributed by atoms with Gasteiger partial charge in [-0.2, -0.15) is 0 Å². The molecule has 1 saturated heterocycles. The smallest absolute Gasteiger partial charge is 0.314 e. The van der Waals surface area contributed by atoms with Gasteiger partial charge in [-0.05, 0) is 37.1 Å². The lowest BCUT2D eigenvalue weighted by Crippen LogP contribution is -2.46. The third-order valence-electron chi connectivity index (χ3n) is 5.54. The molecule has 1 aliphatic heterocycles. The minimum Gasteiger partial charge on any atom is -0.338 e. The van der Waals surface area contributed by atoms with Gasteiger partial charge in [0.05, 0.1) is 0 Å². The number of carbonyl (C=O) groups is 1. The molecular formula is C23H39ClN4O. The zero-order valence-electron chi connectivity index (χ0n) is 18.1. The summed E-state index contributed by atoms with van der Waals surface area (Å²) in [6.45, 7) is 10.2. The van der Waals surface area contributed by atoms with Gasteiger partial charge < -0.3 is 15.5 Å². The minimum atomic E-state index is -0.0219. The monoisotopic (exact) mass is 422 g/mol. The van der Waals surface area contributed by atoms with Crippen LogP contribution in [-0.4, -0.2) is 61.6 Å². The normalized spacial score (nSPS) is 15.4. The third-order valence-corrected chi connectivity index (χ3v) is 5.79. The Balaban J connectivity index is 1.44. The van der Waals surface area contributed by atoms with Crippen molar-refractivity contribution in [3.63, 3.8) is 0 Å². The molecule has 0 atom stereocenters. The molecule has 2 N–H and O–H groups in total. The van der Waals surface area contributed by atoms with E-state index in [-0.39, 0.29) is 6.03 Å². The van der Waals surface area contributed by atoms with Crippen molar-refractivity contribution in [2.24, 2.45) is 0 Å². The van der Waals surface area contributed by atoms with Gasteiger partial charge in [0.1, 0.15) is 0 Å². The van der Waals surface area contributed by atoms with Crippen LogP contribution in [0.15, 0.2) is 24.3 Å². The molecule has 1 aromatic carbocycles. The number of rotatable bonds is 13. The van der Waals surface area contributed by atoms with Gasteiger partial charge in [0.15, 0.2) is 0 Å². The highest BCUT2D eigenvalue weighted by atomic mass is 35.5. The van der Waals surface area contributed by atoms with E-state index in [0.29, 0.717) is 0 Å². The molecule has 1 fully saturated rings. The van der Waals surface area contributed by atoms with E-state index in [0.717, 1.165) is 70.2 Å². The molecule has 1 aliphatic rings. The maximum Gasteiger partial charge on any atom is 0.314 e. The molecule has 1 heterocycles. The Morgan fingerprint density at radius 3 is 2.14 bits per heavy atom. The van der Waals surface area contributed by atoms with E-state index in [9.17, 15) is 4.79 Å². The van der Waals surface area contributed by atoms with Gasteiger partial charge >= 0.3 is 6.03 Å². The second-order valence-corrected chi connectivity index (χ2v) is 8.48. The molecule has 6 heteroatoms. The van der Waals surface area contributed by atoms with Crippen molar-refractivity contribution in [2.75, 3.05) is 45.8 Å². The van der Waals surface area contributed by atoms with E-state index in [1.165, 1.54) is 37.7 Å². The minimum absolute atomic E-state index is 0.0219. The number of carbonyl (C=O) groups excluding carboxylic acids is 1. The Kier molecular flexibility index (Phi) is 12.1. The number of urea groups is 1. The fraction of sp³-hybridized carbons (Fsp3) is 0.696. The fourth-order valence-corrected chi connectivity index (χ4v) is 3.82. The Morgan fingerprint density at radius 2 is 1.45 bits per heavy atom. The molecule has 164 valence electrons. The first-order valence-electron chi connectivity index (χ1n) is 11.4. The van der Waals surface area contributed by atoms with Gasteiger partial charge in [0.25, 0.3) is 0 Å². The molecule has 2 amide bonds. The van der Waals surface area contributed by atoms with Crippen molar-refractivity contribution >= 4 is 17.6 Å². The van der Waals surface area contributed by atoms with E-state index >= 15 is 0 Å². The Bertz CT molecular complexity index is 559. The molecule has 0 radical (unpaired) electrons. The molecule has 0 aliphatic carbocycles. The first-order chi connectivity index (χ1) is 14.2. The molecular weight excluding hydrogens is 384 g/mol. The highest BCUT2D eigenvalue weighted by molar-refractivity contribution is 6.30. The summed E-state index contributed by atoms with van der Waals surface area (Å²) < 4.78 is 0. The van der Waals surface area contributed by atoms with Gasteiger partial charge in [-0.3, -0.25) is 4.90 Å². The number of benzene rings is 1. The van der Waals surface area contributed by atoms with Crippen molar-refractivity contribution in [2.45, 2.75) is 58.4 Å². The average molecular weight is 423 g/mol. The van der Waals surface area contributed by atoms with Crippen LogP contribution in [0.2, 0.25) is 5.02 Å². The molecule has 0 bridgehead atoms. The van der Waals surface area contributed by atoms with E-state index < -0.39 is 0 Å². The predicted octanol–water partition coefficient (Wildman–Crippen LogP) is 4.51. The Hall–Kier alpha value is -1.30. The molecule has 1 aromatic rings. The summed E-state index contributed by atoms with van der Waals surface area (Å²) in [6, 6.07) is 8.12. The molecule has 29 heavy (non-hydrogen) atoms. The number of halogens is 1. The number of hydrogen-bond acceptors (Lipinski definition) is 3. The fourth-order valence-electron chi connectivity index (χ4n) is 3.69. The number of piperazine rings is 1. The molecule has 0 spiro atoms. The number of unbranched alkanes of at least 4 members (excludes halogenated alkanes) is 5. The van der Waals surface area contributed by atoms with Crippen LogP contribution in [0, 0.1) is 0 Å². The van der Waals surface area contributed by atoms with Crippen LogP contribution < -0.4 is 10.6 Å². The van der Waals surface area contributed by atoms with Crippen molar-refractivity contribution in [1.82, 2.24) is 20.4 Å². The summed E-state index contributed by atoms with van der Waals surface area (Å²) in [7, 11) is 0. The quantitative estimate of drug-likeness (QED) is 0.460. The molecule has 0 aromatic heterocycles. The summed E-state index contributed by atoms with van der Waals surface area (Å²) >= 11 is 5.96. The maximum atomic E-state index is 11.8. The highest BCUT2D eigenvalue weighted by Gasteiger charge is 2.16. The lowest BCUT2D eigenvalue weighted by Gasteiger charge is -2.34. The Labute approximate surface area is 182 Å². The van der Waals surface area contributed by atoms with Crippen LogP contribution in [-0.2, 0) is 6.54 Å².